The van der Waals surface area contributed by atoms with Crippen LogP contribution in [0.3, 0.4) is 0 Å². The van der Waals surface area contributed by atoms with Crippen LogP contribution < -0.4 is 5.73 Å². The normalized spacial score (nSPS) is 30.6. The van der Waals surface area contributed by atoms with E-state index in [4.69, 9.17) is 10.7 Å². The molecule has 4 aliphatic rings. The second kappa shape index (κ2) is 3.60. The van der Waals surface area contributed by atoms with Crippen LogP contribution in [0.2, 0.25) is 0 Å². The van der Waals surface area contributed by atoms with Crippen LogP contribution in [0.25, 0.3) is 0 Å². The van der Waals surface area contributed by atoms with Gasteiger partial charge in [-0.1, -0.05) is 24.3 Å². The average molecular weight is 249 g/mol. The zero-order valence-electron chi connectivity index (χ0n) is 10.7. The van der Waals surface area contributed by atoms with Crippen molar-refractivity contribution in [3.8, 4) is 0 Å². The third kappa shape index (κ3) is 1.41. The highest BCUT2D eigenvalue weighted by Gasteiger charge is 2.36. The summed E-state index contributed by atoms with van der Waals surface area (Å²) < 4.78 is 0. The summed E-state index contributed by atoms with van der Waals surface area (Å²) in [5.74, 6) is 0.210. The minimum atomic E-state index is 0.210. The van der Waals surface area contributed by atoms with Gasteiger partial charge in [0.05, 0.1) is 29.1 Å². The summed E-state index contributed by atoms with van der Waals surface area (Å²) in [6.07, 6.45) is 16.8. The highest BCUT2D eigenvalue weighted by molar-refractivity contribution is 6.04. The van der Waals surface area contributed by atoms with E-state index in [0.717, 1.165) is 17.1 Å². The monoisotopic (exact) mass is 249 g/mol. The average Bonchev–Trinajstić information content (AvgIpc) is 2.76. The van der Waals surface area contributed by atoms with Crippen molar-refractivity contribution in [2.45, 2.75) is 6.04 Å². The number of likely N-dealkylation sites (N-methyl/N-ethyl adjacent to an activating group) is 1. The molecule has 3 nitrogen and oxygen atoms in total. The first kappa shape index (κ1) is 10.6. The maximum atomic E-state index is 5.93. The molecule has 3 heteroatoms. The van der Waals surface area contributed by atoms with Crippen molar-refractivity contribution in [1.82, 2.24) is 4.90 Å². The Kier molecular flexibility index (Phi) is 2.01. The van der Waals surface area contributed by atoms with E-state index >= 15 is 0 Å². The molecule has 0 aromatic heterocycles. The Bertz CT molecular complexity index is 668. The van der Waals surface area contributed by atoms with Crippen molar-refractivity contribution in [3.05, 3.63) is 71.3 Å². The molecule has 0 radical (unpaired) electrons. The predicted octanol–water partition coefficient (Wildman–Crippen LogP) is 2.05. The maximum Gasteiger partial charge on any atom is 0.0838 e. The van der Waals surface area contributed by atoms with E-state index in [1.807, 2.05) is 12.2 Å². The third-order valence-electron chi connectivity index (χ3n) is 4.07. The summed E-state index contributed by atoms with van der Waals surface area (Å²) in [5.41, 5.74) is 11.5. The molecule has 2 heterocycles. The van der Waals surface area contributed by atoms with Crippen molar-refractivity contribution < 1.29 is 0 Å². The van der Waals surface area contributed by atoms with Gasteiger partial charge in [0.25, 0.3) is 0 Å². The number of fused-ring (bicyclic) bond motifs is 3. The lowest BCUT2D eigenvalue weighted by Gasteiger charge is -2.36. The van der Waals surface area contributed by atoms with E-state index in [0.29, 0.717) is 6.04 Å². The second-order valence-electron chi connectivity index (χ2n) is 5.23. The van der Waals surface area contributed by atoms with Gasteiger partial charge in [-0.05, 0) is 29.9 Å². The predicted molar refractivity (Wildman–Crippen MR) is 77.3 cm³/mol. The largest absolute Gasteiger partial charge is 0.399 e. The number of hydrogen-bond acceptors (Lipinski definition) is 3. The van der Waals surface area contributed by atoms with Gasteiger partial charge in [0.15, 0.2) is 0 Å². The van der Waals surface area contributed by atoms with Crippen molar-refractivity contribution >= 4 is 5.71 Å². The van der Waals surface area contributed by atoms with E-state index in [-0.39, 0.29) is 5.92 Å². The standard InChI is InChI=1S/C16H15N3/c1-19-15-5-3-2-4-10(15)8-14-16(19)12-9-11(17)6-7-13(12)18-14/h2-9,12,15H,17H2,1H3. The zero-order valence-corrected chi connectivity index (χ0v) is 10.7. The summed E-state index contributed by atoms with van der Waals surface area (Å²) in [6.45, 7) is 0. The fourth-order valence-electron chi connectivity index (χ4n) is 3.15. The highest BCUT2D eigenvalue weighted by Crippen LogP contribution is 2.39. The first-order valence-corrected chi connectivity index (χ1v) is 6.51. The smallest absolute Gasteiger partial charge is 0.0838 e. The molecule has 2 aliphatic carbocycles. The van der Waals surface area contributed by atoms with Crippen LogP contribution >= 0.6 is 0 Å². The molecule has 2 atom stereocenters. The molecule has 0 saturated heterocycles. The maximum absolute atomic E-state index is 5.93. The van der Waals surface area contributed by atoms with Gasteiger partial charge in [0.2, 0.25) is 0 Å². The van der Waals surface area contributed by atoms with Crippen LogP contribution in [0.1, 0.15) is 0 Å². The Labute approximate surface area is 112 Å². The molecule has 2 unspecified atom stereocenters. The summed E-state index contributed by atoms with van der Waals surface area (Å²) in [6, 6.07) is 0.318. The topological polar surface area (TPSA) is 41.6 Å². The number of allylic oxidation sites excluding steroid dienone is 6. The molecule has 0 spiro atoms. The quantitative estimate of drug-likeness (QED) is 0.714. The zero-order chi connectivity index (χ0) is 13.0. The van der Waals surface area contributed by atoms with Gasteiger partial charge in [0.1, 0.15) is 0 Å². The van der Waals surface area contributed by atoms with Gasteiger partial charge in [-0.2, -0.15) is 0 Å². The summed E-state index contributed by atoms with van der Waals surface area (Å²) in [5, 5.41) is 0. The Balaban J connectivity index is 1.84. The molecular weight excluding hydrogens is 234 g/mol. The Morgan fingerprint density at radius 3 is 3.00 bits per heavy atom. The van der Waals surface area contributed by atoms with E-state index in [1.54, 1.807) is 0 Å². The van der Waals surface area contributed by atoms with Crippen LogP contribution in [0.5, 0.6) is 0 Å². The SMILES string of the molecule is CN1C2=C(C=C3C=CC=CC31)N=C1C=CC(N)=CC12. The minimum Gasteiger partial charge on any atom is -0.399 e. The first-order chi connectivity index (χ1) is 9.24. The van der Waals surface area contributed by atoms with Crippen molar-refractivity contribution in [2.24, 2.45) is 16.6 Å². The van der Waals surface area contributed by atoms with Crippen LogP contribution in [0.4, 0.5) is 0 Å². The second-order valence-corrected chi connectivity index (χ2v) is 5.23. The van der Waals surface area contributed by atoms with Crippen molar-refractivity contribution in [3.63, 3.8) is 0 Å². The highest BCUT2D eigenvalue weighted by atomic mass is 15.2. The van der Waals surface area contributed by atoms with Gasteiger partial charge in [-0.15, -0.1) is 0 Å². The van der Waals surface area contributed by atoms with Crippen LogP contribution in [0.15, 0.2) is 76.3 Å². The van der Waals surface area contributed by atoms with Gasteiger partial charge in [-0.25, -0.2) is 0 Å². The van der Waals surface area contributed by atoms with Gasteiger partial charge < -0.3 is 10.6 Å². The molecule has 94 valence electrons. The van der Waals surface area contributed by atoms with Crippen LogP contribution in [-0.4, -0.2) is 23.7 Å². The van der Waals surface area contributed by atoms with Gasteiger partial charge in [0, 0.05) is 12.7 Å². The van der Waals surface area contributed by atoms with Crippen molar-refractivity contribution in [2.75, 3.05) is 7.05 Å². The lowest BCUT2D eigenvalue weighted by Crippen LogP contribution is -2.37. The molecule has 0 aromatic carbocycles. The summed E-state index contributed by atoms with van der Waals surface area (Å²) >= 11 is 0. The Morgan fingerprint density at radius 1 is 1.21 bits per heavy atom. The number of hydrogen-bond donors (Lipinski definition) is 1. The van der Waals surface area contributed by atoms with Crippen molar-refractivity contribution in [1.29, 1.82) is 0 Å². The molecule has 0 aromatic rings. The summed E-state index contributed by atoms with van der Waals surface area (Å²) in [7, 11) is 2.14. The number of aliphatic imine (C=N–C) groups is 1. The van der Waals surface area contributed by atoms with E-state index in [9.17, 15) is 0 Å². The molecule has 4 rings (SSSR count). The number of rotatable bonds is 0. The van der Waals surface area contributed by atoms with E-state index in [1.165, 1.54) is 11.3 Å². The lowest BCUT2D eigenvalue weighted by molar-refractivity contribution is 0.364. The number of nitrogens with zero attached hydrogens (tertiary/aromatic N) is 2. The fourth-order valence-corrected chi connectivity index (χ4v) is 3.15. The van der Waals surface area contributed by atoms with E-state index < -0.39 is 0 Å². The van der Waals surface area contributed by atoms with E-state index in [2.05, 4.69) is 48.4 Å². The molecule has 2 aliphatic heterocycles. The molecular formula is C16H15N3. The third-order valence-corrected chi connectivity index (χ3v) is 4.07. The Hall–Kier alpha value is -2.29. The molecule has 2 N–H and O–H groups in total. The van der Waals surface area contributed by atoms with Gasteiger partial charge in [-0.3, -0.25) is 4.99 Å². The Morgan fingerprint density at radius 2 is 2.11 bits per heavy atom. The molecule has 19 heavy (non-hydrogen) atoms. The molecule has 0 amide bonds. The van der Waals surface area contributed by atoms with Crippen LogP contribution in [0, 0.1) is 5.92 Å². The summed E-state index contributed by atoms with van der Waals surface area (Å²) in [4.78, 5) is 7.06. The molecule has 0 saturated carbocycles. The van der Waals surface area contributed by atoms with Crippen LogP contribution in [-0.2, 0) is 0 Å². The molecule has 0 fully saturated rings. The fraction of sp³-hybridized carbons (Fsp3) is 0.188. The number of nitrogens with two attached hydrogens (primary N) is 1. The minimum absolute atomic E-state index is 0.210. The first-order valence-electron chi connectivity index (χ1n) is 6.51. The molecule has 0 bridgehead atoms. The van der Waals surface area contributed by atoms with Gasteiger partial charge >= 0.3 is 0 Å². The lowest BCUT2D eigenvalue weighted by atomic mass is 9.89.